The number of anilines is 1. The van der Waals surface area contributed by atoms with Gasteiger partial charge in [0.15, 0.2) is 0 Å². The van der Waals surface area contributed by atoms with Gasteiger partial charge >= 0.3 is 0 Å². The maximum absolute atomic E-state index is 13.3. The number of benzene rings is 2. The first-order valence-electron chi connectivity index (χ1n) is 13.5. The molecule has 1 amide bonds. The van der Waals surface area contributed by atoms with Crippen molar-refractivity contribution in [2.24, 2.45) is 13.0 Å². The maximum Gasteiger partial charge on any atom is 0.252 e. The number of halogens is 1. The van der Waals surface area contributed by atoms with E-state index in [2.05, 4.69) is 39.7 Å². The smallest absolute Gasteiger partial charge is 0.252 e. The van der Waals surface area contributed by atoms with Crippen LogP contribution in [0.25, 0.3) is 11.1 Å². The molecule has 1 aliphatic carbocycles. The molecule has 4 rings (SSSR count). The number of hydrogen-bond donors (Lipinski definition) is 2. The molecule has 37 heavy (non-hydrogen) atoms. The van der Waals surface area contributed by atoms with Crippen LogP contribution in [0.15, 0.2) is 48.8 Å². The van der Waals surface area contributed by atoms with Crippen LogP contribution in [0.1, 0.15) is 67.1 Å². The van der Waals surface area contributed by atoms with Gasteiger partial charge in [0.1, 0.15) is 0 Å². The fraction of sp³-hybridized carbons (Fsp3) is 0.467. The topological polar surface area (TPSA) is 62.2 Å². The summed E-state index contributed by atoms with van der Waals surface area (Å²) in [7, 11) is 1.89. The van der Waals surface area contributed by atoms with E-state index in [0.29, 0.717) is 10.6 Å². The Bertz CT molecular complexity index is 1200. The van der Waals surface area contributed by atoms with Crippen LogP contribution < -0.4 is 10.6 Å². The SMILES string of the molecule is CCCCN(CCNc1ccc(C)c(C(=O)NC(C)c2cc(Cl)cc(-c3cnn(C)c3)c2)c1)CC1CC1. The van der Waals surface area contributed by atoms with Crippen LogP contribution in [-0.4, -0.2) is 46.8 Å². The zero-order valence-electron chi connectivity index (χ0n) is 22.6. The second-order valence-corrected chi connectivity index (χ2v) is 10.9. The van der Waals surface area contributed by atoms with Crippen molar-refractivity contribution in [2.75, 3.05) is 31.5 Å². The Morgan fingerprint density at radius 2 is 2.00 bits per heavy atom. The van der Waals surface area contributed by atoms with Crippen molar-refractivity contribution in [1.29, 1.82) is 0 Å². The first kappa shape index (κ1) is 27.2. The monoisotopic (exact) mass is 521 g/mol. The molecule has 2 N–H and O–H groups in total. The molecule has 1 aliphatic rings. The lowest BCUT2D eigenvalue weighted by atomic mass is 10.0. The van der Waals surface area contributed by atoms with Crippen LogP contribution in [0.5, 0.6) is 0 Å². The van der Waals surface area contributed by atoms with Crippen LogP contribution in [0.2, 0.25) is 5.02 Å². The number of amides is 1. The molecule has 7 heteroatoms. The molecule has 1 fully saturated rings. The van der Waals surface area contributed by atoms with Crippen molar-refractivity contribution in [2.45, 2.75) is 52.5 Å². The highest BCUT2D eigenvalue weighted by Crippen LogP contribution is 2.30. The van der Waals surface area contributed by atoms with Crippen LogP contribution >= 0.6 is 11.6 Å². The van der Waals surface area contributed by atoms with E-state index < -0.39 is 0 Å². The van der Waals surface area contributed by atoms with Gasteiger partial charge in [-0.25, -0.2) is 0 Å². The summed E-state index contributed by atoms with van der Waals surface area (Å²) in [5.41, 5.74) is 5.54. The summed E-state index contributed by atoms with van der Waals surface area (Å²) in [6, 6.07) is 11.7. The van der Waals surface area contributed by atoms with Crippen molar-refractivity contribution >= 4 is 23.2 Å². The molecule has 0 spiro atoms. The molecule has 3 aromatic rings. The number of unbranched alkanes of at least 4 members (excludes halogenated alkanes) is 1. The molecule has 0 radical (unpaired) electrons. The van der Waals surface area contributed by atoms with Crippen LogP contribution in [0, 0.1) is 12.8 Å². The Hall–Kier alpha value is -2.83. The number of hydrogen-bond acceptors (Lipinski definition) is 4. The van der Waals surface area contributed by atoms with Crippen molar-refractivity contribution in [3.63, 3.8) is 0 Å². The molecule has 1 heterocycles. The summed E-state index contributed by atoms with van der Waals surface area (Å²) in [6.45, 7) is 10.5. The highest BCUT2D eigenvalue weighted by Gasteiger charge is 2.23. The third-order valence-corrected chi connectivity index (χ3v) is 7.30. The van der Waals surface area contributed by atoms with E-state index in [0.717, 1.165) is 46.9 Å². The molecule has 1 atom stereocenters. The summed E-state index contributed by atoms with van der Waals surface area (Å²) in [6.07, 6.45) is 9.00. The van der Waals surface area contributed by atoms with Gasteiger partial charge in [0.2, 0.25) is 0 Å². The van der Waals surface area contributed by atoms with E-state index in [-0.39, 0.29) is 11.9 Å². The van der Waals surface area contributed by atoms with Gasteiger partial charge in [0.05, 0.1) is 12.2 Å². The highest BCUT2D eigenvalue weighted by molar-refractivity contribution is 6.31. The van der Waals surface area contributed by atoms with Gasteiger partial charge in [-0.05, 0) is 92.6 Å². The van der Waals surface area contributed by atoms with Crippen molar-refractivity contribution in [3.8, 4) is 11.1 Å². The molecule has 198 valence electrons. The van der Waals surface area contributed by atoms with E-state index in [9.17, 15) is 4.79 Å². The number of nitrogens with one attached hydrogen (secondary N) is 2. The average Bonchev–Trinajstić information content (AvgIpc) is 3.59. The Morgan fingerprint density at radius 1 is 1.19 bits per heavy atom. The largest absolute Gasteiger partial charge is 0.384 e. The molecule has 6 nitrogen and oxygen atoms in total. The number of aryl methyl sites for hydroxylation is 2. The minimum Gasteiger partial charge on any atom is -0.384 e. The lowest BCUT2D eigenvalue weighted by molar-refractivity contribution is 0.0939. The standard InChI is InChI=1S/C30H40ClN5O/c1-5-6-12-36(19-23-8-9-23)13-11-32-28-10-7-21(2)29(17-28)30(37)34-22(3)24-14-25(16-27(31)15-24)26-18-33-35(4)20-26/h7,10,14-18,20,22-23,32H,5-6,8-9,11-13,19H2,1-4H3,(H,34,37). The molecule has 1 saturated carbocycles. The van der Waals surface area contributed by atoms with E-state index >= 15 is 0 Å². The molecule has 1 aromatic heterocycles. The van der Waals surface area contributed by atoms with E-state index in [4.69, 9.17) is 11.6 Å². The zero-order valence-corrected chi connectivity index (χ0v) is 23.3. The summed E-state index contributed by atoms with van der Waals surface area (Å²) in [5, 5.41) is 11.6. The Labute approximate surface area is 226 Å². The predicted octanol–water partition coefficient (Wildman–Crippen LogP) is 6.46. The molecule has 0 aliphatic heterocycles. The van der Waals surface area contributed by atoms with Crippen molar-refractivity contribution < 1.29 is 4.79 Å². The maximum atomic E-state index is 13.3. The third-order valence-electron chi connectivity index (χ3n) is 7.09. The molecule has 0 bridgehead atoms. The summed E-state index contributed by atoms with van der Waals surface area (Å²) in [4.78, 5) is 15.9. The zero-order chi connectivity index (χ0) is 26.4. The van der Waals surface area contributed by atoms with Gasteiger partial charge < -0.3 is 15.5 Å². The number of nitrogens with zero attached hydrogens (tertiary/aromatic N) is 3. The van der Waals surface area contributed by atoms with Crippen LogP contribution in [-0.2, 0) is 7.05 Å². The number of aromatic nitrogens is 2. The number of carbonyl (C=O) groups is 1. The Kier molecular flexibility index (Phi) is 9.28. The summed E-state index contributed by atoms with van der Waals surface area (Å²) < 4.78 is 1.76. The van der Waals surface area contributed by atoms with Crippen LogP contribution in [0.3, 0.4) is 0 Å². The number of rotatable bonds is 13. The van der Waals surface area contributed by atoms with E-state index in [1.165, 1.54) is 38.8 Å². The Morgan fingerprint density at radius 3 is 2.70 bits per heavy atom. The lowest BCUT2D eigenvalue weighted by Crippen LogP contribution is -2.32. The lowest BCUT2D eigenvalue weighted by Gasteiger charge is -2.22. The molecule has 0 saturated heterocycles. The summed E-state index contributed by atoms with van der Waals surface area (Å²) in [5.74, 6) is 0.809. The molecular formula is C30H40ClN5O. The van der Waals surface area contributed by atoms with Gasteiger partial charge in [-0.3, -0.25) is 9.48 Å². The fourth-order valence-corrected chi connectivity index (χ4v) is 4.88. The molecule has 2 aromatic carbocycles. The third kappa shape index (κ3) is 7.83. The Balaban J connectivity index is 1.38. The first-order valence-corrected chi connectivity index (χ1v) is 13.9. The van der Waals surface area contributed by atoms with Gasteiger partial charge in [-0.1, -0.05) is 31.0 Å². The van der Waals surface area contributed by atoms with Crippen LogP contribution in [0.4, 0.5) is 5.69 Å². The van der Waals surface area contributed by atoms with Crippen molar-refractivity contribution in [1.82, 2.24) is 20.0 Å². The van der Waals surface area contributed by atoms with E-state index in [1.807, 2.05) is 57.6 Å². The second kappa shape index (κ2) is 12.6. The van der Waals surface area contributed by atoms with Gasteiger partial charge in [0, 0.05) is 54.7 Å². The molecular weight excluding hydrogens is 482 g/mol. The second-order valence-electron chi connectivity index (χ2n) is 10.4. The van der Waals surface area contributed by atoms with Gasteiger partial charge in [-0.2, -0.15) is 5.10 Å². The molecule has 1 unspecified atom stereocenters. The van der Waals surface area contributed by atoms with Gasteiger partial charge in [0.25, 0.3) is 5.91 Å². The first-order chi connectivity index (χ1) is 17.8. The van der Waals surface area contributed by atoms with Crippen molar-refractivity contribution in [3.05, 3.63) is 70.5 Å². The minimum atomic E-state index is -0.202. The average molecular weight is 522 g/mol. The van der Waals surface area contributed by atoms with E-state index in [1.54, 1.807) is 4.68 Å². The highest BCUT2D eigenvalue weighted by atomic mass is 35.5. The van der Waals surface area contributed by atoms with Gasteiger partial charge in [-0.15, -0.1) is 0 Å². The predicted molar refractivity (Wildman–Crippen MR) is 153 cm³/mol. The minimum absolute atomic E-state index is 0.0881. The quantitative estimate of drug-likeness (QED) is 0.271. The number of carbonyl (C=O) groups excluding carboxylic acids is 1. The summed E-state index contributed by atoms with van der Waals surface area (Å²) >= 11 is 6.43. The normalized spacial score (nSPS) is 14.1. The fourth-order valence-electron chi connectivity index (χ4n) is 4.63.